The number of rotatable bonds is 4. The monoisotopic (exact) mass is 321 g/mol. The highest BCUT2D eigenvalue weighted by Gasteiger charge is 2.20. The van der Waals surface area contributed by atoms with Crippen molar-refractivity contribution >= 4 is 15.9 Å². The van der Waals surface area contributed by atoms with Crippen molar-refractivity contribution in [2.45, 2.75) is 33.4 Å². The van der Waals surface area contributed by atoms with E-state index in [-0.39, 0.29) is 6.04 Å². The average Bonchev–Trinajstić information content (AvgIpc) is 2.76. The van der Waals surface area contributed by atoms with Gasteiger partial charge in [0.2, 0.25) is 0 Å². The Labute approximate surface area is 123 Å². The van der Waals surface area contributed by atoms with Crippen LogP contribution in [-0.2, 0) is 6.54 Å². The Morgan fingerprint density at radius 3 is 2.63 bits per heavy atom. The first-order valence-electron chi connectivity index (χ1n) is 6.54. The van der Waals surface area contributed by atoms with Crippen molar-refractivity contribution in [3.63, 3.8) is 0 Å². The molecule has 2 aromatic rings. The zero-order chi connectivity index (χ0) is 14.0. The fourth-order valence-corrected chi connectivity index (χ4v) is 2.84. The molecular formula is C15H20BrN3. The van der Waals surface area contributed by atoms with E-state index in [2.05, 4.69) is 65.3 Å². The highest BCUT2D eigenvalue weighted by molar-refractivity contribution is 9.10. The molecule has 0 aliphatic rings. The molecule has 1 atom stereocenters. The first-order valence-corrected chi connectivity index (χ1v) is 7.33. The summed E-state index contributed by atoms with van der Waals surface area (Å²) in [5.41, 5.74) is 5.08. The number of halogens is 1. The third-order valence-corrected chi connectivity index (χ3v) is 4.17. The van der Waals surface area contributed by atoms with Crippen molar-refractivity contribution in [1.29, 1.82) is 0 Å². The summed E-state index contributed by atoms with van der Waals surface area (Å²) in [4.78, 5) is 0. The van der Waals surface area contributed by atoms with Crippen molar-refractivity contribution in [3.8, 4) is 0 Å². The maximum absolute atomic E-state index is 4.40. The van der Waals surface area contributed by atoms with Gasteiger partial charge in [-0.1, -0.05) is 18.2 Å². The normalized spacial score (nSPS) is 12.7. The molecule has 0 amide bonds. The second-order valence-electron chi connectivity index (χ2n) is 4.76. The van der Waals surface area contributed by atoms with E-state index in [4.69, 9.17) is 0 Å². The molecular weight excluding hydrogens is 302 g/mol. The molecule has 1 unspecified atom stereocenters. The van der Waals surface area contributed by atoms with E-state index < -0.39 is 0 Å². The maximum atomic E-state index is 4.40. The highest BCUT2D eigenvalue weighted by atomic mass is 79.9. The van der Waals surface area contributed by atoms with Gasteiger partial charge in [-0.15, -0.1) is 0 Å². The summed E-state index contributed by atoms with van der Waals surface area (Å²) in [7, 11) is 1.99. The minimum Gasteiger partial charge on any atom is -0.308 e. The molecule has 0 spiro atoms. The largest absolute Gasteiger partial charge is 0.308 e. The summed E-state index contributed by atoms with van der Waals surface area (Å²) in [5, 5.41) is 7.79. The van der Waals surface area contributed by atoms with Gasteiger partial charge in [-0.25, -0.2) is 0 Å². The second kappa shape index (κ2) is 5.88. The van der Waals surface area contributed by atoms with Crippen LogP contribution in [0.4, 0.5) is 0 Å². The average molecular weight is 322 g/mol. The Morgan fingerprint density at radius 2 is 2.05 bits per heavy atom. The number of nitrogens with zero attached hydrogens (tertiary/aromatic N) is 2. The quantitative estimate of drug-likeness (QED) is 0.932. The second-order valence-corrected chi connectivity index (χ2v) is 5.61. The van der Waals surface area contributed by atoms with E-state index in [0.29, 0.717) is 0 Å². The van der Waals surface area contributed by atoms with Gasteiger partial charge in [0.1, 0.15) is 0 Å². The molecule has 0 radical (unpaired) electrons. The minimum absolute atomic E-state index is 0.149. The number of nitrogens with one attached hydrogen (secondary N) is 1. The minimum atomic E-state index is 0.149. The lowest BCUT2D eigenvalue weighted by Gasteiger charge is -2.20. The highest BCUT2D eigenvalue weighted by Crippen LogP contribution is 2.29. The standard InChI is InChI=1S/C15H20BrN3/c1-5-19-15(13(16)9-18-19)14(17-4)12-7-6-10(2)11(3)8-12/h6-9,14,17H,5H2,1-4H3. The molecule has 1 aromatic heterocycles. The van der Waals surface area contributed by atoms with E-state index in [1.165, 1.54) is 22.4 Å². The molecule has 0 saturated carbocycles. The first-order chi connectivity index (χ1) is 9.08. The molecule has 0 bridgehead atoms. The predicted octanol–water partition coefficient (Wildman–Crippen LogP) is 3.59. The maximum Gasteiger partial charge on any atom is 0.0757 e. The Hall–Kier alpha value is -1.13. The summed E-state index contributed by atoms with van der Waals surface area (Å²) in [6.07, 6.45) is 1.87. The van der Waals surface area contributed by atoms with Crippen molar-refractivity contribution in [2.24, 2.45) is 0 Å². The number of benzene rings is 1. The van der Waals surface area contributed by atoms with Crippen LogP contribution in [0, 0.1) is 13.8 Å². The molecule has 2 rings (SSSR count). The van der Waals surface area contributed by atoms with E-state index in [0.717, 1.165) is 11.0 Å². The summed E-state index contributed by atoms with van der Waals surface area (Å²) < 4.78 is 3.08. The zero-order valence-electron chi connectivity index (χ0n) is 11.9. The third-order valence-electron chi connectivity index (χ3n) is 3.56. The van der Waals surface area contributed by atoms with Crippen molar-refractivity contribution in [3.05, 3.63) is 51.3 Å². The van der Waals surface area contributed by atoms with E-state index >= 15 is 0 Å². The van der Waals surface area contributed by atoms with Crippen molar-refractivity contribution in [1.82, 2.24) is 15.1 Å². The van der Waals surface area contributed by atoms with Crippen LogP contribution < -0.4 is 5.32 Å². The van der Waals surface area contributed by atoms with Crippen molar-refractivity contribution in [2.75, 3.05) is 7.05 Å². The van der Waals surface area contributed by atoms with Crippen LogP contribution in [0.3, 0.4) is 0 Å². The van der Waals surface area contributed by atoms with Gasteiger partial charge < -0.3 is 5.32 Å². The summed E-state index contributed by atoms with van der Waals surface area (Å²) in [6, 6.07) is 6.75. The Morgan fingerprint density at radius 1 is 1.32 bits per heavy atom. The Balaban J connectivity index is 2.49. The van der Waals surface area contributed by atoms with Crippen LogP contribution in [0.25, 0.3) is 0 Å². The van der Waals surface area contributed by atoms with Gasteiger partial charge in [0.25, 0.3) is 0 Å². The fraction of sp³-hybridized carbons (Fsp3) is 0.400. The molecule has 19 heavy (non-hydrogen) atoms. The van der Waals surface area contributed by atoms with Gasteiger partial charge in [0, 0.05) is 6.54 Å². The number of hydrogen-bond donors (Lipinski definition) is 1. The number of aromatic nitrogens is 2. The van der Waals surface area contributed by atoms with Gasteiger partial charge in [-0.3, -0.25) is 4.68 Å². The Bertz CT molecular complexity index is 575. The summed E-state index contributed by atoms with van der Waals surface area (Å²) in [6.45, 7) is 7.26. The molecule has 0 fully saturated rings. The Kier molecular flexibility index (Phi) is 4.42. The van der Waals surface area contributed by atoms with Crippen LogP contribution in [0.15, 0.2) is 28.9 Å². The third kappa shape index (κ3) is 2.74. The van der Waals surface area contributed by atoms with Crippen LogP contribution in [-0.4, -0.2) is 16.8 Å². The molecule has 1 aromatic carbocycles. The lowest BCUT2D eigenvalue weighted by molar-refractivity contribution is 0.561. The molecule has 1 N–H and O–H groups in total. The van der Waals surface area contributed by atoms with Crippen molar-refractivity contribution < 1.29 is 0 Å². The predicted molar refractivity (Wildman–Crippen MR) is 82.4 cm³/mol. The summed E-state index contributed by atoms with van der Waals surface area (Å²) in [5.74, 6) is 0. The molecule has 3 nitrogen and oxygen atoms in total. The molecule has 0 aliphatic heterocycles. The molecule has 1 heterocycles. The van der Waals surface area contributed by atoms with Gasteiger partial charge in [0.15, 0.2) is 0 Å². The van der Waals surface area contributed by atoms with Gasteiger partial charge >= 0.3 is 0 Å². The van der Waals surface area contributed by atoms with Gasteiger partial charge in [-0.05, 0) is 60.4 Å². The molecule has 102 valence electrons. The number of aryl methyl sites for hydroxylation is 3. The van der Waals surface area contributed by atoms with Crippen LogP contribution in [0.5, 0.6) is 0 Å². The van der Waals surface area contributed by atoms with E-state index in [9.17, 15) is 0 Å². The number of hydrogen-bond acceptors (Lipinski definition) is 2. The first kappa shape index (κ1) is 14.3. The molecule has 4 heteroatoms. The van der Waals surface area contributed by atoms with Crippen LogP contribution in [0.1, 0.15) is 35.3 Å². The van der Waals surface area contributed by atoms with E-state index in [1.807, 2.05) is 17.9 Å². The topological polar surface area (TPSA) is 29.9 Å². The van der Waals surface area contributed by atoms with Crippen LogP contribution >= 0.6 is 15.9 Å². The fourth-order valence-electron chi connectivity index (χ4n) is 2.32. The van der Waals surface area contributed by atoms with Gasteiger partial charge in [0.05, 0.1) is 22.4 Å². The molecule has 0 aliphatic carbocycles. The molecule has 0 saturated heterocycles. The lowest BCUT2D eigenvalue weighted by Crippen LogP contribution is -2.22. The SMILES string of the molecule is CCn1ncc(Br)c1C(NC)c1ccc(C)c(C)c1. The van der Waals surface area contributed by atoms with E-state index in [1.54, 1.807) is 0 Å². The van der Waals surface area contributed by atoms with Gasteiger partial charge in [-0.2, -0.15) is 5.10 Å². The lowest BCUT2D eigenvalue weighted by atomic mass is 9.99. The van der Waals surface area contributed by atoms with Crippen LogP contribution in [0.2, 0.25) is 0 Å². The summed E-state index contributed by atoms with van der Waals surface area (Å²) >= 11 is 3.61. The smallest absolute Gasteiger partial charge is 0.0757 e. The zero-order valence-corrected chi connectivity index (χ0v) is 13.5.